The van der Waals surface area contributed by atoms with Crippen molar-refractivity contribution in [3.8, 4) is 0 Å². The van der Waals surface area contributed by atoms with Crippen LogP contribution in [0.3, 0.4) is 0 Å². The molecule has 24 heavy (non-hydrogen) atoms. The third kappa shape index (κ3) is 10.7. The van der Waals surface area contributed by atoms with Crippen LogP contribution in [0.4, 0.5) is 4.39 Å². The summed E-state index contributed by atoms with van der Waals surface area (Å²) < 4.78 is 18.3. The molecule has 1 aromatic carbocycles. The predicted molar refractivity (Wildman–Crippen MR) is 95.0 cm³/mol. The van der Waals surface area contributed by atoms with Crippen molar-refractivity contribution in [3.05, 3.63) is 35.6 Å². The summed E-state index contributed by atoms with van der Waals surface area (Å²) in [4.78, 5) is 0. The van der Waals surface area contributed by atoms with Gasteiger partial charge in [0.1, 0.15) is 5.82 Å². The zero-order valence-electron chi connectivity index (χ0n) is 14.9. The highest BCUT2D eigenvalue weighted by Gasteiger charge is 2.12. The van der Waals surface area contributed by atoms with Gasteiger partial charge in [0.15, 0.2) is 0 Å². The lowest BCUT2D eigenvalue weighted by atomic mass is 10.0. The summed E-state index contributed by atoms with van der Waals surface area (Å²) in [6.07, 6.45) is 11.7. The van der Waals surface area contributed by atoms with E-state index in [0.717, 1.165) is 44.1 Å². The Hall–Kier alpha value is -0.970. The topological polar surface area (TPSA) is 49.7 Å². The van der Waals surface area contributed by atoms with Crippen LogP contribution >= 0.6 is 0 Å². The number of aliphatic hydroxyl groups excluding tert-OH is 1. The van der Waals surface area contributed by atoms with Crippen molar-refractivity contribution < 1.29 is 19.3 Å². The zero-order valence-corrected chi connectivity index (χ0v) is 14.9. The summed E-state index contributed by atoms with van der Waals surface area (Å²) in [7, 11) is 0. The van der Waals surface area contributed by atoms with Crippen LogP contribution in [0.1, 0.15) is 76.7 Å². The largest absolute Gasteiger partial charge is 0.346 e. The maximum Gasteiger partial charge on any atom is 0.266 e. The fraction of sp³-hybridized carbons (Fsp3) is 0.700. The summed E-state index contributed by atoms with van der Waals surface area (Å²) in [5, 5.41) is 18.1. The molecule has 0 aliphatic heterocycles. The fourth-order valence-corrected chi connectivity index (χ4v) is 3.01. The number of aliphatic hydroxyl groups is 2. The summed E-state index contributed by atoms with van der Waals surface area (Å²) >= 11 is 0. The van der Waals surface area contributed by atoms with Crippen LogP contribution in [0.15, 0.2) is 24.3 Å². The number of ether oxygens (including phenoxy) is 1. The zero-order chi connectivity index (χ0) is 17.6. The Balaban J connectivity index is 2.21. The van der Waals surface area contributed by atoms with Crippen LogP contribution in [-0.4, -0.2) is 22.8 Å². The van der Waals surface area contributed by atoms with Gasteiger partial charge in [0.05, 0.1) is 6.10 Å². The minimum Gasteiger partial charge on any atom is -0.346 e. The average Bonchev–Trinajstić information content (AvgIpc) is 2.53. The van der Waals surface area contributed by atoms with E-state index in [-0.39, 0.29) is 11.9 Å². The normalized spacial score (nSPS) is 12.7. The predicted octanol–water partition coefficient (Wildman–Crippen LogP) is 4.94. The Morgan fingerprint density at radius 1 is 0.958 bits per heavy atom. The lowest BCUT2D eigenvalue weighted by Crippen LogP contribution is -2.21. The molecule has 0 radical (unpaired) electrons. The Kier molecular flexibility index (Phi) is 11.7. The molecule has 0 amide bonds. The second kappa shape index (κ2) is 13.3. The van der Waals surface area contributed by atoms with Gasteiger partial charge in [-0.05, 0) is 43.4 Å². The molecule has 0 aliphatic rings. The first-order valence-corrected chi connectivity index (χ1v) is 9.38. The first-order valence-electron chi connectivity index (χ1n) is 9.38. The number of halogens is 1. The van der Waals surface area contributed by atoms with Gasteiger partial charge in [0, 0.05) is 0 Å². The fourth-order valence-electron chi connectivity index (χ4n) is 3.01. The summed E-state index contributed by atoms with van der Waals surface area (Å²) in [5.74, 6) is -0.214. The molecule has 0 heterocycles. The van der Waals surface area contributed by atoms with Crippen molar-refractivity contribution in [2.45, 2.75) is 90.1 Å². The monoisotopic (exact) mass is 340 g/mol. The number of hydrogen-bond donors (Lipinski definition) is 2. The van der Waals surface area contributed by atoms with Gasteiger partial charge >= 0.3 is 0 Å². The van der Waals surface area contributed by atoms with E-state index in [1.165, 1.54) is 38.2 Å². The molecule has 4 heteroatoms. The third-order valence-corrected chi connectivity index (χ3v) is 4.32. The van der Waals surface area contributed by atoms with Crippen molar-refractivity contribution in [1.82, 2.24) is 0 Å². The second-order valence-electron chi connectivity index (χ2n) is 6.52. The lowest BCUT2D eigenvalue weighted by Gasteiger charge is -2.19. The van der Waals surface area contributed by atoms with Gasteiger partial charge in [-0.25, -0.2) is 4.39 Å². The van der Waals surface area contributed by atoms with Crippen molar-refractivity contribution >= 4 is 0 Å². The smallest absolute Gasteiger partial charge is 0.266 e. The van der Waals surface area contributed by atoms with Crippen molar-refractivity contribution in [3.63, 3.8) is 0 Å². The minimum atomic E-state index is -1.71. The molecular weight excluding hydrogens is 307 g/mol. The quantitative estimate of drug-likeness (QED) is 0.372. The Labute approximate surface area is 145 Å². The first-order chi connectivity index (χ1) is 11.6. The molecule has 138 valence electrons. The van der Waals surface area contributed by atoms with Gasteiger partial charge in [-0.15, -0.1) is 0 Å². The average molecular weight is 340 g/mol. The van der Waals surface area contributed by atoms with E-state index >= 15 is 0 Å². The van der Waals surface area contributed by atoms with E-state index < -0.39 is 6.48 Å². The van der Waals surface area contributed by atoms with Gasteiger partial charge in [0.2, 0.25) is 0 Å². The molecular formula is C20H33FO3. The standard InChI is InChI=1S/C20H33FO3/c1-2-3-4-5-6-7-8-14-19(24-20(22)23)15-10-12-17-11-9-13-18(21)16-17/h9,11,13,16,19-20,22-23H,2-8,10,12,14-15H2,1H3. The van der Waals surface area contributed by atoms with E-state index in [0.29, 0.717) is 0 Å². The summed E-state index contributed by atoms with van der Waals surface area (Å²) in [6, 6.07) is 6.62. The Morgan fingerprint density at radius 2 is 1.62 bits per heavy atom. The molecule has 1 rings (SSSR count). The molecule has 0 aromatic heterocycles. The van der Waals surface area contributed by atoms with Gasteiger partial charge in [0.25, 0.3) is 6.48 Å². The van der Waals surface area contributed by atoms with Crippen LogP contribution in [0, 0.1) is 5.82 Å². The highest BCUT2D eigenvalue weighted by atomic mass is 19.1. The molecule has 0 saturated heterocycles. The second-order valence-corrected chi connectivity index (χ2v) is 6.52. The lowest BCUT2D eigenvalue weighted by molar-refractivity contribution is -0.257. The summed E-state index contributed by atoms with van der Waals surface area (Å²) in [6.45, 7) is 0.500. The molecule has 1 atom stereocenters. The molecule has 0 bridgehead atoms. The highest BCUT2D eigenvalue weighted by molar-refractivity contribution is 5.16. The molecule has 3 nitrogen and oxygen atoms in total. The van der Waals surface area contributed by atoms with Crippen molar-refractivity contribution in [2.75, 3.05) is 0 Å². The first kappa shape index (κ1) is 21.1. The van der Waals surface area contributed by atoms with Gasteiger partial charge < -0.3 is 14.9 Å². The van der Waals surface area contributed by atoms with Crippen LogP contribution in [0.5, 0.6) is 0 Å². The maximum atomic E-state index is 13.2. The van der Waals surface area contributed by atoms with Crippen LogP contribution < -0.4 is 0 Å². The van der Waals surface area contributed by atoms with E-state index in [1.807, 2.05) is 6.07 Å². The molecule has 2 N–H and O–H groups in total. The number of unbranched alkanes of at least 4 members (excludes halogenated alkanes) is 6. The molecule has 0 saturated carbocycles. The van der Waals surface area contributed by atoms with E-state index in [1.54, 1.807) is 12.1 Å². The SMILES string of the molecule is CCCCCCCCCC(CCCc1cccc(F)c1)OC(O)O. The van der Waals surface area contributed by atoms with Gasteiger partial charge in [-0.1, -0.05) is 64.0 Å². The van der Waals surface area contributed by atoms with Crippen LogP contribution in [0.25, 0.3) is 0 Å². The number of rotatable bonds is 14. The van der Waals surface area contributed by atoms with Crippen LogP contribution in [-0.2, 0) is 11.2 Å². The van der Waals surface area contributed by atoms with Gasteiger partial charge in [-0.3, -0.25) is 0 Å². The number of benzene rings is 1. The molecule has 0 fully saturated rings. The highest BCUT2D eigenvalue weighted by Crippen LogP contribution is 2.17. The van der Waals surface area contributed by atoms with E-state index in [2.05, 4.69) is 6.92 Å². The van der Waals surface area contributed by atoms with E-state index in [9.17, 15) is 4.39 Å². The minimum absolute atomic E-state index is 0.144. The molecule has 1 aromatic rings. The molecule has 0 aliphatic carbocycles. The third-order valence-electron chi connectivity index (χ3n) is 4.32. The maximum absolute atomic E-state index is 13.2. The van der Waals surface area contributed by atoms with E-state index in [4.69, 9.17) is 14.9 Å². The molecule has 1 unspecified atom stereocenters. The summed E-state index contributed by atoms with van der Waals surface area (Å²) in [5.41, 5.74) is 0.967. The van der Waals surface area contributed by atoms with Gasteiger partial charge in [-0.2, -0.15) is 0 Å². The number of hydrogen-bond acceptors (Lipinski definition) is 3. The van der Waals surface area contributed by atoms with Crippen LogP contribution in [0.2, 0.25) is 0 Å². The Bertz CT molecular complexity index is 423. The Morgan fingerprint density at radius 3 is 2.29 bits per heavy atom. The van der Waals surface area contributed by atoms with Crippen molar-refractivity contribution in [1.29, 1.82) is 0 Å². The number of aryl methyl sites for hydroxylation is 1. The van der Waals surface area contributed by atoms with Crippen molar-refractivity contribution in [2.24, 2.45) is 0 Å². The molecule has 0 spiro atoms.